The molecule has 0 saturated carbocycles. The van der Waals surface area contributed by atoms with Gasteiger partial charge in [-0.1, -0.05) is 18.6 Å². The first kappa shape index (κ1) is 12.0. The molecule has 0 spiro atoms. The van der Waals surface area contributed by atoms with Crippen molar-refractivity contribution < 1.29 is 9.47 Å². The minimum absolute atomic E-state index is 0.236. The van der Waals surface area contributed by atoms with Crippen LogP contribution in [-0.4, -0.2) is 25.9 Å². The predicted octanol–water partition coefficient (Wildman–Crippen LogP) is 2.67. The first-order valence-corrected chi connectivity index (χ1v) is 6.99. The minimum Gasteiger partial charge on any atom is -0.488 e. The summed E-state index contributed by atoms with van der Waals surface area (Å²) in [6, 6.07) is 9.02. The summed E-state index contributed by atoms with van der Waals surface area (Å²) >= 11 is 0. The monoisotopic (exact) mass is 247 g/mol. The second kappa shape index (κ2) is 5.72. The van der Waals surface area contributed by atoms with Crippen molar-refractivity contribution in [3.8, 4) is 5.75 Å². The zero-order chi connectivity index (χ0) is 12.2. The molecule has 2 atom stereocenters. The Morgan fingerprint density at radius 2 is 2.22 bits per heavy atom. The van der Waals surface area contributed by atoms with Gasteiger partial charge in [0.05, 0.1) is 13.2 Å². The third-order valence-electron chi connectivity index (χ3n) is 3.76. The molecule has 0 amide bonds. The molecule has 0 bridgehead atoms. The van der Waals surface area contributed by atoms with Crippen LogP contribution in [0.15, 0.2) is 24.3 Å². The molecule has 1 N–H and O–H groups in total. The van der Waals surface area contributed by atoms with E-state index in [0.29, 0.717) is 6.04 Å². The molecule has 18 heavy (non-hydrogen) atoms. The van der Waals surface area contributed by atoms with Crippen LogP contribution in [0.4, 0.5) is 0 Å². The molecule has 2 saturated heterocycles. The molecule has 2 fully saturated rings. The van der Waals surface area contributed by atoms with E-state index in [1.54, 1.807) is 0 Å². The Labute approximate surface area is 108 Å². The van der Waals surface area contributed by atoms with E-state index in [1.807, 2.05) is 6.07 Å². The van der Waals surface area contributed by atoms with E-state index in [1.165, 1.54) is 24.8 Å². The van der Waals surface area contributed by atoms with Crippen molar-refractivity contribution in [3.63, 3.8) is 0 Å². The summed E-state index contributed by atoms with van der Waals surface area (Å²) in [5, 5.41) is 3.58. The molecule has 2 aliphatic rings. The van der Waals surface area contributed by atoms with Gasteiger partial charge >= 0.3 is 0 Å². The average molecular weight is 247 g/mol. The number of ether oxygens (including phenoxy) is 2. The van der Waals surface area contributed by atoms with Crippen LogP contribution in [0.3, 0.4) is 0 Å². The van der Waals surface area contributed by atoms with Crippen LogP contribution < -0.4 is 10.1 Å². The lowest BCUT2D eigenvalue weighted by Crippen LogP contribution is -2.26. The normalized spacial score (nSPS) is 28.2. The largest absolute Gasteiger partial charge is 0.488 e. The van der Waals surface area contributed by atoms with Gasteiger partial charge in [0, 0.05) is 12.5 Å². The van der Waals surface area contributed by atoms with Crippen LogP contribution in [0.5, 0.6) is 5.75 Å². The van der Waals surface area contributed by atoms with Gasteiger partial charge in [0.2, 0.25) is 0 Å². The third-order valence-corrected chi connectivity index (χ3v) is 3.76. The Balaban J connectivity index is 1.67. The van der Waals surface area contributed by atoms with E-state index in [-0.39, 0.29) is 6.10 Å². The van der Waals surface area contributed by atoms with E-state index in [0.717, 1.165) is 31.9 Å². The summed E-state index contributed by atoms with van der Waals surface area (Å²) < 4.78 is 11.3. The number of piperidine rings is 1. The zero-order valence-corrected chi connectivity index (χ0v) is 10.7. The SMILES string of the molecule is c1cc(OC2CCOC2)cc(C2CCCCN2)c1. The zero-order valence-electron chi connectivity index (χ0n) is 10.7. The molecule has 0 aromatic heterocycles. The van der Waals surface area contributed by atoms with Crippen molar-refractivity contribution in [2.45, 2.75) is 37.8 Å². The van der Waals surface area contributed by atoms with Crippen LogP contribution in [0.2, 0.25) is 0 Å². The lowest BCUT2D eigenvalue weighted by atomic mass is 9.97. The molecule has 98 valence electrons. The first-order valence-electron chi connectivity index (χ1n) is 6.99. The molecule has 0 aliphatic carbocycles. The minimum atomic E-state index is 0.236. The van der Waals surface area contributed by atoms with Gasteiger partial charge in [-0.25, -0.2) is 0 Å². The van der Waals surface area contributed by atoms with Crippen LogP contribution >= 0.6 is 0 Å². The molecular weight excluding hydrogens is 226 g/mol. The number of nitrogens with one attached hydrogen (secondary N) is 1. The lowest BCUT2D eigenvalue weighted by molar-refractivity contribution is 0.141. The number of benzene rings is 1. The average Bonchev–Trinajstić information content (AvgIpc) is 2.93. The van der Waals surface area contributed by atoms with E-state index >= 15 is 0 Å². The van der Waals surface area contributed by atoms with Gasteiger partial charge in [0.15, 0.2) is 0 Å². The maximum Gasteiger partial charge on any atom is 0.124 e. The molecule has 2 aliphatic heterocycles. The standard InChI is InChI=1S/C15H21NO2/c1-2-8-16-15(6-1)12-4-3-5-13(10-12)18-14-7-9-17-11-14/h3-5,10,14-16H,1-2,6-9,11H2. The van der Waals surface area contributed by atoms with Crippen molar-refractivity contribution >= 4 is 0 Å². The van der Waals surface area contributed by atoms with E-state index in [2.05, 4.69) is 23.5 Å². The highest BCUT2D eigenvalue weighted by Crippen LogP contribution is 2.26. The third kappa shape index (κ3) is 2.85. The maximum atomic E-state index is 5.95. The molecule has 3 heteroatoms. The summed E-state index contributed by atoms with van der Waals surface area (Å²) in [5.74, 6) is 0.982. The molecular formula is C15H21NO2. The van der Waals surface area contributed by atoms with Gasteiger partial charge in [-0.2, -0.15) is 0 Å². The first-order chi connectivity index (χ1) is 8.92. The number of hydrogen-bond donors (Lipinski definition) is 1. The van der Waals surface area contributed by atoms with E-state index in [4.69, 9.17) is 9.47 Å². The molecule has 3 rings (SSSR count). The van der Waals surface area contributed by atoms with Crippen LogP contribution in [0.25, 0.3) is 0 Å². The Hall–Kier alpha value is -1.06. The Bertz CT molecular complexity index is 382. The van der Waals surface area contributed by atoms with Crippen LogP contribution in [0.1, 0.15) is 37.3 Å². The second-order valence-corrected chi connectivity index (χ2v) is 5.18. The Morgan fingerprint density at radius 1 is 1.22 bits per heavy atom. The predicted molar refractivity (Wildman–Crippen MR) is 70.9 cm³/mol. The van der Waals surface area contributed by atoms with Crippen LogP contribution in [0, 0.1) is 0 Å². The van der Waals surface area contributed by atoms with Gasteiger partial charge < -0.3 is 14.8 Å². The Kier molecular flexibility index (Phi) is 3.81. The van der Waals surface area contributed by atoms with Gasteiger partial charge in [-0.05, 0) is 37.1 Å². The van der Waals surface area contributed by atoms with Crippen molar-refractivity contribution in [1.82, 2.24) is 5.32 Å². The highest BCUT2D eigenvalue weighted by Gasteiger charge is 2.18. The highest BCUT2D eigenvalue weighted by atomic mass is 16.5. The van der Waals surface area contributed by atoms with Crippen molar-refractivity contribution in [3.05, 3.63) is 29.8 Å². The number of hydrogen-bond acceptors (Lipinski definition) is 3. The van der Waals surface area contributed by atoms with Crippen LogP contribution in [-0.2, 0) is 4.74 Å². The van der Waals surface area contributed by atoms with Gasteiger partial charge in [-0.15, -0.1) is 0 Å². The second-order valence-electron chi connectivity index (χ2n) is 5.18. The molecule has 1 aromatic carbocycles. The Morgan fingerprint density at radius 3 is 3.00 bits per heavy atom. The fourth-order valence-corrected chi connectivity index (χ4v) is 2.74. The topological polar surface area (TPSA) is 30.5 Å². The van der Waals surface area contributed by atoms with Crippen molar-refractivity contribution in [2.24, 2.45) is 0 Å². The summed E-state index contributed by atoms with van der Waals surface area (Å²) in [5.41, 5.74) is 1.35. The summed E-state index contributed by atoms with van der Waals surface area (Å²) in [4.78, 5) is 0. The quantitative estimate of drug-likeness (QED) is 0.890. The van der Waals surface area contributed by atoms with Crippen molar-refractivity contribution in [1.29, 1.82) is 0 Å². The smallest absolute Gasteiger partial charge is 0.124 e. The van der Waals surface area contributed by atoms with E-state index in [9.17, 15) is 0 Å². The molecule has 2 heterocycles. The van der Waals surface area contributed by atoms with Gasteiger partial charge in [-0.3, -0.25) is 0 Å². The number of rotatable bonds is 3. The van der Waals surface area contributed by atoms with E-state index < -0.39 is 0 Å². The van der Waals surface area contributed by atoms with Gasteiger partial charge in [0.25, 0.3) is 0 Å². The fourth-order valence-electron chi connectivity index (χ4n) is 2.74. The highest BCUT2D eigenvalue weighted by molar-refractivity contribution is 5.31. The molecule has 0 radical (unpaired) electrons. The summed E-state index contributed by atoms with van der Waals surface area (Å²) in [7, 11) is 0. The van der Waals surface area contributed by atoms with Gasteiger partial charge in [0.1, 0.15) is 11.9 Å². The fraction of sp³-hybridized carbons (Fsp3) is 0.600. The lowest BCUT2D eigenvalue weighted by Gasteiger charge is -2.24. The summed E-state index contributed by atoms with van der Waals surface area (Å²) in [6.45, 7) is 2.69. The summed E-state index contributed by atoms with van der Waals surface area (Å²) in [6.07, 6.45) is 5.09. The van der Waals surface area contributed by atoms with Crippen molar-refractivity contribution in [2.75, 3.05) is 19.8 Å². The molecule has 3 nitrogen and oxygen atoms in total. The molecule has 1 aromatic rings. The molecule has 2 unspecified atom stereocenters. The maximum absolute atomic E-state index is 5.95.